The molecule has 74 valence electrons. The molecule has 1 saturated heterocycles. The Morgan fingerprint density at radius 2 is 1.62 bits per heavy atom. The first-order valence-corrected chi connectivity index (χ1v) is 7.07. The van der Waals surface area contributed by atoms with Gasteiger partial charge in [0.1, 0.15) is 0 Å². The summed E-state index contributed by atoms with van der Waals surface area (Å²) < 4.78 is 0.569. The van der Waals surface area contributed by atoms with E-state index in [1.807, 2.05) is 0 Å². The smallest absolute Gasteiger partial charge is 0.0622 e. The molecule has 2 aliphatic rings. The molecule has 1 heterocycles. The van der Waals surface area contributed by atoms with Crippen LogP contribution in [0.25, 0.3) is 0 Å². The molecule has 0 aromatic heterocycles. The standard InChI is InChI=1S/C11H18S2/c1-8-6-11(12-4-5-13-11)7-9(2)10(8)3/h8-9H,3-7H2,1-2H3. The Bertz CT molecular complexity index is 200. The molecule has 0 bridgehead atoms. The number of thioether (sulfide) groups is 2. The van der Waals surface area contributed by atoms with Crippen LogP contribution in [0.3, 0.4) is 0 Å². The third-order valence-corrected chi connectivity index (χ3v) is 6.81. The van der Waals surface area contributed by atoms with Crippen LogP contribution < -0.4 is 0 Å². The lowest BCUT2D eigenvalue weighted by atomic mass is 9.79. The highest BCUT2D eigenvalue weighted by Crippen LogP contribution is 2.56. The van der Waals surface area contributed by atoms with Crippen LogP contribution in [0, 0.1) is 11.8 Å². The van der Waals surface area contributed by atoms with E-state index in [0.29, 0.717) is 4.08 Å². The number of hydrogen-bond acceptors (Lipinski definition) is 2. The van der Waals surface area contributed by atoms with Gasteiger partial charge in [-0.3, -0.25) is 0 Å². The van der Waals surface area contributed by atoms with E-state index in [2.05, 4.69) is 44.0 Å². The Morgan fingerprint density at radius 3 is 2.08 bits per heavy atom. The molecule has 0 amide bonds. The fourth-order valence-electron chi connectivity index (χ4n) is 2.50. The maximum absolute atomic E-state index is 4.21. The Morgan fingerprint density at radius 1 is 1.15 bits per heavy atom. The Balaban J connectivity index is 2.12. The van der Waals surface area contributed by atoms with Crippen LogP contribution in [0.4, 0.5) is 0 Å². The predicted molar refractivity (Wildman–Crippen MR) is 64.3 cm³/mol. The Kier molecular flexibility index (Phi) is 2.72. The first kappa shape index (κ1) is 9.97. The monoisotopic (exact) mass is 214 g/mol. The van der Waals surface area contributed by atoms with Gasteiger partial charge in [0.25, 0.3) is 0 Å². The van der Waals surface area contributed by atoms with Gasteiger partial charge >= 0.3 is 0 Å². The second-order valence-electron chi connectivity index (χ2n) is 4.39. The van der Waals surface area contributed by atoms with Gasteiger partial charge < -0.3 is 0 Å². The summed E-state index contributed by atoms with van der Waals surface area (Å²) in [6.45, 7) is 8.91. The zero-order valence-electron chi connectivity index (χ0n) is 8.51. The highest BCUT2D eigenvalue weighted by molar-refractivity contribution is 8.21. The minimum Gasteiger partial charge on any atom is -0.143 e. The van der Waals surface area contributed by atoms with Crippen LogP contribution in [-0.2, 0) is 0 Å². The minimum absolute atomic E-state index is 0.569. The lowest BCUT2D eigenvalue weighted by molar-refractivity contribution is 0.397. The first-order valence-electron chi connectivity index (χ1n) is 5.09. The van der Waals surface area contributed by atoms with Gasteiger partial charge in [0.05, 0.1) is 4.08 Å². The van der Waals surface area contributed by atoms with E-state index in [-0.39, 0.29) is 0 Å². The normalized spacial score (nSPS) is 38.5. The SMILES string of the molecule is C=C1C(C)CC2(CC1C)SCCS2. The summed E-state index contributed by atoms with van der Waals surface area (Å²) in [5.74, 6) is 4.19. The van der Waals surface area contributed by atoms with Gasteiger partial charge in [-0.2, -0.15) is 0 Å². The van der Waals surface area contributed by atoms with Crippen LogP contribution in [0.1, 0.15) is 26.7 Å². The van der Waals surface area contributed by atoms with Gasteiger partial charge in [-0.05, 0) is 24.7 Å². The van der Waals surface area contributed by atoms with E-state index >= 15 is 0 Å². The Labute approximate surface area is 89.9 Å². The van der Waals surface area contributed by atoms with Crippen molar-refractivity contribution in [1.82, 2.24) is 0 Å². The van der Waals surface area contributed by atoms with Crippen molar-refractivity contribution in [1.29, 1.82) is 0 Å². The third kappa shape index (κ3) is 1.80. The van der Waals surface area contributed by atoms with Gasteiger partial charge in [-0.25, -0.2) is 0 Å². The molecule has 2 fully saturated rings. The minimum atomic E-state index is 0.569. The molecule has 2 heteroatoms. The second kappa shape index (κ2) is 3.54. The molecular formula is C11H18S2. The molecule has 0 N–H and O–H groups in total. The molecule has 0 aromatic rings. The summed E-state index contributed by atoms with van der Waals surface area (Å²) in [5.41, 5.74) is 1.48. The van der Waals surface area contributed by atoms with Crippen LogP contribution in [0.2, 0.25) is 0 Å². The molecule has 2 rings (SSSR count). The second-order valence-corrected chi connectivity index (χ2v) is 7.61. The van der Waals surface area contributed by atoms with Crippen LogP contribution in [-0.4, -0.2) is 15.6 Å². The average Bonchev–Trinajstić information content (AvgIpc) is 2.49. The van der Waals surface area contributed by atoms with Crippen LogP contribution in [0.15, 0.2) is 12.2 Å². The fourth-order valence-corrected chi connectivity index (χ4v) is 6.21. The summed E-state index contributed by atoms with van der Waals surface area (Å²) in [7, 11) is 0. The van der Waals surface area contributed by atoms with Crippen LogP contribution in [0.5, 0.6) is 0 Å². The van der Waals surface area contributed by atoms with Crippen molar-refractivity contribution in [3.63, 3.8) is 0 Å². The third-order valence-electron chi connectivity index (χ3n) is 3.31. The van der Waals surface area contributed by atoms with E-state index in [9.17, 15) is 0 Å². The van der Waals surface area contributed by atoms with E-state index in [0.717, 1.165) is 11.8 Å². The highest BCUT2D eigenvalue weighted by Gasteiger charge is 2.42. The topological polar surface area (TPSA) is 0 Å². The van der Waals surface area contributed by atoms with Gasteiger partial charge in [0.2, 0.25) is 0 Å². The highest BCUT2D eigenvalue weighted by atomic mass is 32.2. The largest absolute Gasteiger partial charge is 0.143 e. The molecule has 13 heavy (non-hydrogen) atoms. The molecule has 1 aliphatic heterocycles. The summed E-state index contributed by atoms with van der Waals surface area (Å²) in [5, 5.41) is 0. The van der Waals surface area contributed by atoms with Crippen molar-refractivity contribution in [2.75, 3.05) is 11.5 Å². The van der Waals surface area contributed by atoms with Gasteiger partial charge in [0.15, 0.2) is 0 Å². The average molecular weight is 214 g/mol. The Hall–Kier alpha value is 0.440. The van der Waals surface area contributed by atoms with E-state index in [1.165, 1.54) is 29.9 Å². The maximum Gasteiger partial charge on any atom is 0.0622 e. The predicted octanol–water partition coefficient (Wildman–Crippen LogP) is 3.78. The van der Waals surface area contributed by atoms with E-state index < -0.39 is 0 Å². The van der Waals surface area contributed by atoms with Crippen molar-refractivity contribution in [2.24, 2.45) is 11.8 Å². The summed E-state index contributed by atoms with van der Waals surface area (Å²) >= 11 is 4.39. The van der Waals surface area contributed by atoms with Gasteiger partial charge in [-0.1, -0.05) is 26.0 Å². The van der Waals surface area contributed by atoms with Crippen LogP contribution >= 0.6 is 23.5 Å². The lowest BCUT2D eigenvalue weighted by Crippen LogP contribution is -2.31. The van der Waals surface area contributed by atoms with Gasteiger partial charge in [0, 0.05) is 11.5 Å². The lowest BCUT2D eigenvalue weighted by Gasteiger charge is -2.40. The fraction of sp³-hybridized carbons (Fsp3) is 0.818. The summed E-state index contributed by atoms with van der Waals surface area (Å²) in [6.07, 6.45) is 2.71. The molecule has 2 atom stereocenters. The van der Waals surface area contributed by atoms with E-state index in [4.69, 9.17) is 0 Å². The molecule has 1 aliphatic carbocycles. The molecular weight excluding hydrogens is 196 g/mol. The molecule has 0 nitrogen and oxygen atoms in total. The number of allylic oxidation sites excluding steroid dienone is 1. The van der Waals surface area contributed by atoms with Crippen molar-refractivity contribution >= 4 is 23.5 Å². The van der Waals surface area contributed by atoms with E-state index in [1.54, 1.807) is 0 Å². The zero-order chi connectivity index (χ0) is 9.47. The maximum atomic E-state index is 4.21. The van der Waals surface area contributed by atoms with Crippen molar-refractivity contribution in [2.45, 2.75) is 30.8 Å². The van der Waals surface area contributed by atoms with Gasteiger partial charge in [-0.15, -0.1) is 23.5 Å². The van der Waals surface area contributed by atoms with Crippen molar-refractivity contribution < 1.29 is 0 Å². The quantitative estimate of drug-likeness (QED) is 0.563. The number of hydrogen-bond donors (Lipinski definition) is 0. The molecule has 1 saturated carbocycles. The molecule has 2 unspecified atom stereocenters. The number of rotatable bonds is 0. The first-order chi connectivity index (χ1) is 6.13. The molecule has 1 spiro atoms. The molecule has 0 radical (unpaired) electrons. The summed E-state index contributed by atoms with van der Waals surface area (Å²) in [6, 6.07) is 0. The van der Waals surface area contributed by atoms with Crippen molar-refractivity contribution in [3.05, 3.63) is 12.2 Å². The molecule has 0 aromatic carbocycles. The zero-order valence-corrected chi connectivity index (χ0v) is 10.1. The van der Waals surface area contributed by atoms with Crippen molar-refractivity contribution in [3.8, 4) is 0 Å². The summed E-state index contributed by atoms with van der Waals surface area (Å²) in [4.78, 5) is 0.